The molecule has 1 aromatic carbocycles. The quantitative estimate of drug-likeness (QED) is 0.176. The van der Waals surface area contributed by atoms with Crippen molar-refractivity contribution in [3.63, 3.8) is 0 Å². The van der Waals surface area contributed by atoms with Gasteiger partial charge in [-0.15, -0.1) is 11.3 Å². The summed E-state index contributed by atoms with van der Waals surface area (Å²) in [6, 6.07) is 6.89. The van der Waals surface area contributed by atoms with Crippen LogP contribution in [0.15, 0.2) is 29.6 Å². The number of aliphatic carboxylic acids is 1. The standard InChI is InChI=1S/C40H58N4O8S/c1-8-44-16-10-9-11-33(44)35(46)19-31(29-21-51-22-29)39(48)43(7)34(24(2)3)20-36(52-27(6)45)38-42-32(23-53-38)37(47)41-30(17-26(5)40(49)50)18-28-14-12-25(4)13-15-28/h12-15,23-24,26,29-31,33-34,36H,8-11,16-22H2,1-7H3,(H,41,47)(H,49,50)/t26-,30+,31-,33+,34+,36+/m0/s1. The molecule has 53 heavy (non-hydrogen) atoms. The highest BCUT2D eigenvalue weighted by Crippen LogP contribution is 2.34. The van der Waals surface area contributed by atoms with Crippen molar-refractivity contribution in [2.45, 2.75) is 111 Å². The number of likely N-dealkylation sites (tertiary alicyclic amines) is 1. The Morgan fingerprint density at radius 2 is 1.79 bits per heavy atom. The molecule has 0 radical (unpaired) electrons. The molecule has 2 fully saturated rings. The number of aromatic nitrogens is 1. The lowest BCUT2D eigenvalue weighted by Crippen LogP contribution is -2.51. The highest BCUT2D eigenvalue weighted by Gasteiger charge is 2.41. The fourth-order valence-corrected chi connectivity index (χ4v) is 8.32. The molecule has 0 bridgehead atoms. The van der Waals surface area contributed by atoms with Gasteiger partial charge in [0.15, 0.2) is 11.9 Å². The summed E-state index contributed by atoms with van der Waals surface area (Å²) in [7, 11) is 1.75. The first kappa shape index (κ1) is 42.1. The molecule has 2 aliphatic rings. The van der Waals surface area contributed by atoms with Gasteiger partial charge in [-0.2, -0.15) is 0 Å². The second kappa shape index (κ2) is 19.6. The largest absolute Gasteiger partial charge is 0.481 e. The van der Waals surface area contributed by atoms with Crippen molar-refractivity contribution in [2.24, 2.45) is 23.7 Å². The van der Waals surface area contributed by atoms with Gasteiger partial charge < -0.3 is 24.8 Å². The Morgan fingerprint density at radius 1 is 1.09 bits per heavy atom. The van der Waals surface area contributed by atoms with Crippen molar-refractivity contribution in [3.8, 4) is 0 Å². The molecule has 4 rings (SSSR count). The van der Waals surface area contributed by atoms with Crippen molar-refractivity contribution < 1.29 is 38.6 Å². The molecule has 2 aromatic rings. The van der Waals surface area contributed by atoms with Crippen LogP contribution in [-0.2, 0) is 35.1 Å². The van der Waals surface area contributed by atoms with Gasteiger partial charge in [0, 0.05) is 50.2 Å². The molecule has 0 aliphatic carbocycles. The maximum absolute atomic E-state index is 14.3. The first-order chi connectivity index (χ1) is 25.2. The van der Waals surface area contributed by atoms with E-state index in [-0.39, 0.29) is 60.6 Å². The number of ether oxygens (including phenoxy) is 2. The van der Waals surface area contributed by atoms with Crippen molar-refractivity contribution >= 4 is 40.9 Å². The number of hydrogen-bond donors (Lipinski definition) is 2. The second-order valence-electron chi connectivity index (χ2n) is 15.2. The molecule has 2 saturated heterocycles. The van der Waals surface area contributed by atoms with Crippen LogP contribution in [-0.4, -0.2) is 101 Å². The van der Waals surface area contributed by atoms with Crippen LogP contribution in [0.4, 0.5) is 0 Å². The third-order valence-electron chi connectivity index (χ3n) is 10.8. The minimum absolute atomic E-state index is 0.0357. The zero-order valence-corrected chi connectivity index (χ0v) is 33.2. The summed E-state index contributed by atoms with van der Waals surface area (Å²) in [4.78, 5) is 74.1. The number of benzene rings is 1. The molecule has 2 N–H and O–H groups in total. The van der Waals surface area contributed by atoms with Crippen LogP contribution in [0.1, 0.15) is 106 Å². The number of carbonyl (C=O) groups is 5. The Morgan fingerprint density at radius 3 is 2.38 bits per heavy atom. The van der Waals surface area contributed by atoms with E-state index in [9.17, 15) is 29.1 Å². The van der Waals surface area contributed by atoms with E-state index in [0.717, 1.165) is 43.5 Å². The van der Waals surface area contributed by atoms with Gasteiger partial charge in [0.25, 0.3) is 5.91 Å². The number of nitrogens with zero attached hydrogens (tertiary/aromatic N) is 3. The van der Waals surface area contributed by atoms with E-state index in [4.69, 9.17) is 9.47 Å². The average Bonchev–Trinajstić information content (AvgIpc) is 3.59. The summed E-state index contributed by atoms with van der Waals surface area (Å²) in [5.41, 5.74) is 2.21. The number of Topliss-reactive ketones (excluding diaryl/α,β-unsaturated/α-hetero) is 1. The lowest BCUT2D eigenvalue weighted by atomic mass is 9.82. The summed E-state index contributed by atoms with van der Waals surface area (Å²) in [5.74, 6) is -3.20. The summed E-state index contributed by atoms with van der Waals surface area (Å²) >= 11 is 1.19. The normalized spacial score (nSPS) is 19.4. The predicted molar refractivity (Wildman–Crippen MR) is 202 cm³/mol. The van der Waals surface area contributed by atoms with Gasteiger partial charge >= 0.3 is 11.9 Å². The van der Waals surface area contributed by atoms with E-state index in [1.54, 1.807) is 24.3 Å². The lowest BCUT2D eigenvalue weighted by Gasteiger charge is -2.40. The van der Waals surface area contributed by atoms with Gasteiger partial charge in [-0.1, -0.05) is 63.9 Å². The molecule has 1 aromatic heterocycles. The topological polar surface area (TPSA) is 155 Å². The molecule has 292 valence electrons. The monoisotopic (exact) mass is 754 g/mol. The second-order valence-corrected chi connectivity index (χ2v) is 16.1. The number of carboxylic acid groups (broad SMARTS) is 1. The average molecular weight is 755 g/mol. The summed E-state index contributed by atoms with van der Waals surface area (Å²) < 4.78 is 11.3. The number of likely N-dealkylation sites (N-methyl/N-ethyl adjacent to an activating group) is 1. The van der Waals surface area contributed by atoms with Crippen molar-refractivity contribution in [1.82, 2.24) is 20.1 Å². The van der Waals surface area contributed by atoms with Crippen molar-refractivity contribution in [1.29, 1.82) is 0 Å². The number of thiazole rings is 1. The van der Waals surface area contributed by atoms with E-state index < -0.39 is 41.8 Å². The van der Waals surface area contributed by atoms with E-state index in [1.807, 2.05) is 45.0 Å². The van der Waals surface area contributed by atoms with Crippen LogP contribution in [0.2, 0.25) is 0 Å². The predicted octanol–water partition coefficient (Wildman–Crippen LogP) is 5.48. The van der Waals surface area contributed by atoms with Gasteiger partial charge in [-0.05, 0) is 57.2 Å². The Bertz CT molecular complexity index is 1560. The molecule has 2 aliphatic heterocycles. The smallest absolute Gasteiger partial charge is 0.306 e. The number of hydrogen-bond acceptors (Lipinski definition) is 10. The number of nitrogens with one attached hydrogen (secondary N) is 1. The van der Waals surface area contributed by atoms with Gasteiger partial charge in [0.05, 0.1) is 31.1 Å². The van der Waals surface area contributed by atoms with E-state index >= 15 is 0 Å². The number of carbonyl (C=O) groups excluding carboxylic acids is 4. The molecule has 3 heterocycles. The van der Waals surface area contributed by atoms with Crippen LogP contribution < -0.4 is 5.32 Å². The minimum Gasteiger partial charge on any atom is -0.481 e. The fraction of sp³-hybridized carbons (Fsp3) is 0.650. The number of esters is 1. The fourth-order valence-electron chi connectivity index (χ4n) is 7.48. The third-order valence-corrected chi connectivity index (χ3v) is 11.7. The molecule has 2 amide bonds. The number of rotatable bonds is 19. The molecule has 6 atom stereocenters. The molecular weight excluding hydrogens is 697 g/mol. The first-order valence-corrected chi connectivity index (χ1v) is 19.9. The summed E-state index contributed by atoms with van der Waals surface area (Å²) in [5, 5.41) is 14.6. The van der Waals surface area contributed by atoms with Crippen LogP contribution in [0, 0.1) is 30.6 Å². The van der Waals surface area contributed by atoms with Crippen molar-refractivity contribution in [2.75, 3.05) is 33.4 Å². The van der Waals surface area contributed by atoms with Gasteiger partial charge in [-0.25, -0.2) is 4.98 Å². The Hall–Kier alpha value is -3.68. The number of amides is 2. The Balaban J connectivity index is 1.50. The highest BCUT2D eigenvalue weighted by atomic mass is 32.1. The SMILES string of the molecule is CCN1CCCC[C@@H]1C(=O)C[C@H](C(=O)N(C)[C@H](C[C@@H](OC(C)=O)c1nc(C(=O)N[C@@H](Cc2ccc(C)cc2)C[C@H](C)C(=O)O)cs1)C(C)C)C1COC1. The van der Waals surface area contributed by atoms with E-state index in [2.05, 4.69) is 22.1 Å². The van der Waals surface area contributed by atoms with E-state index in [0.29, 0.717) is 24.6 Å². The zero-order valence-electron chi connectivity index (χ0n) is 32.3. The molecule has 13 heteroatoms. The number of carboxylic acids is 1. The van der Waals surface area contributed by atoms with Gasteiger partial charge in [0.2, 0.25) is 5.91 Å². The highest BCUT2D eigenvalue weighted by molar-refractivity contribution is 7.09. The number of ketones is 1. The maximum Gasteiger partial charge on any atom is 0.306 e. The first-order valence-electron chi connectivity index (χ1n) is 19.0. The van der Waals surface area contributed by atoms with Crippen LogP contribution in [0.5, 0.6) is 0 Å². The van der Waals surface area contributed by atoms with Crippen LogP contribution in [0.25, 0.3) is 0 Å². The van der Waals surface area contributed by atoms with Crippen LogP contribution >= 0.6 is 11.3 Å². The molecule has 12 nitrogen and oxygen atoms in total. The molecular formula is C40H58N4O8S. The van der Waals surface area contributed by atoms with Gasteiger partial charge in [-0.3, -0.25) is 28.9 Å². The number of aryl methyl sites for hydroxylation is 1. The lowest BCUT2D eigenvalue weighted by molar-refractivity contribution is -0.153. The number of piperidine rings is 1. The third kappa shape index (κ3) is 11.7. The molecule has 0 unspecified atom stereocenters. The summed E-state index contributed by atoms with van der Waals surface area (Å²) in [6.07, 6.45) is 3.15. The molecule has 0 saturated carbocycles. The van der Waals surface area contributed by atoms with Gasteiger partial charge in [0.1, 0.15) is 10.7 Å². The Kier molecular flexibility index (Phi) is 15.5. The molecule has 0 spiro atoms. The van der Waals surface area contributed by atoms with E-state index in [1.165, 1.54) is 18.3 Å². The summed E-state index contributed by atoms with van der Waals surface area (Å²) in [6.45, 7) is 13.6. The van der Waals surface area contributed by atoms with Crippen molar-refractivity contribution in [3.05, 3.63) is 51.5 Å². The van der Waals surface area contributed by atoms with Crippen LogP contribution in [0.3, 0.4) is 0 Å². The maximum atomic E-state index is 14.3. The zero-order chi connectivity index (χ0) is 38.8. The minimum atomic E-state index is -0.942. The Labute approximate surface area is 318 Å².